The first-order valence-corrected chi connectivity index (χ1v) is 13.1. The standard InChI is InChI=1S/C27H33F3N4O4/c1-5-33-24(35)11-10-22-25(33)20(13-34(22)18-14-36-26(3,4)37-15-18)21-12-23(32-16(2)31-21)38-19-8-6-17(7-9-19)27(28,29)30/h10-13,17-19H,5-9,14-15H2,1-4H3. The monoisotopic (exact) mass is 534 g/mol. The average Bonchev–Trinajstić information content (AvgIpc) is 3.23. The summed E-state index contributed by atoms with van der Waals surface area (Å²) in [6.07, 6.45) is -1.84. The number of hydrogen-bond donors (Lipinski definition) is 0. The van der Waals surface area contributed by atoms with E-state index < -0.39 is 17.9 Å². The van der Waals surface area contributed by atoms with Crippen LogP contribution in [0.3, 0.4) is 0 Å². The van der Waals surface area contributed by atoms with Crippen molar-refractivity contribution in [2.24, 2.45) is 5.92 Å². The molecule has 206 valence electrons. The lowest BCUT2D eigenvalue weighted by Crippen LogP contribution is -2.40. The fraction of sp³-hybridized carbons (Fsp3) is 0.593. The van der Waals surface area contributed by atoms with Gasteiger partial charge >= 0.3 is 6.18 Å². The fourth-order valence-corrected chi connectivity index (χ4v) is 5.39. The van der Waals surface area contributed by atoms with Crippen molar-refractivity contribution in [1.29, 1.82) is 0 Å². The summed E-state index contributed by atoms with van der Waals surface area (Å²) in [5.41, 5.74) is 2.77. The van der Waals surface area contributed by atoms with E-state index in [-0.39, 0.29) is 30.5 Å². The highest BCUT2D eigenvalue weighted by Crippen LogP contribution is 2.39. The Morgan fingerprint density at radius 3 is 2.42 bits per heavy atom. The molecular formula is C27H33F3N4O4. The number of ether oxygens (including phenoxy) is 3. The van der Waals surface area contributed by atoms with Crippen LogP contribution >= 0.6 is 0 Å². The molecule has 1 aliphatic heterocycles. The van der Waals surface area contributed by atoms with Gasteiger partial charge in [-0.25, -0.2) is 4.98 Å². The molecule has 1 saturated heterocycles. The summed E-state index contributed by atoms with van der Waals surface area (Å²) < 4.78 is 60.9. The highest BCUT2D eigenvalue weighted by molar-refractivity contribution is 5.92. The summed E-state index contributed by atoms with van der Waals surface area (Å²) in [6.45, 7) is 8.75. The van der Waals surface area contributed by atoms with Crippen LogP contribution < -0.4 is 10.3 Å². The summed E-state index contributed by atoms with van der Waals surface area (Å²) in [4.78, 5) is 21.8. The summed E-state index contributed by atoms with van der Waals surface area (Å²) in [5.74, 6) is -1.16. The van der Waals surface area contributed by atoms with Crippen molar-refractivity contribution < 1.29 is 27.4 Å². The van der Waals surface area contributed by atoms with Crippen molar-refractivity contribution in [3.63, 3.8) is 0 Å². The maximum atomic E-state index is 13.1. The van der Waals surface area contributed by atoms with E-state index in [4.69, 9.17) is 14.2 Å². The number of alkyl halides is 3. The quantitative estimate of drug-likeness (QED) is 0.435. The van der Waals surface area contributed by atoms with Gasteiger partial charge in [0.05, 0.1) is 41.9 Å². The zero-order chi connectivity index (χ0) is 27.2. The van der Waals surface area contributed by atoms with E-state index in [9.17, 15) is 18.0 Å². The van der Waals surface area contributed by atoms with Crippen LogP contribution in [0.4, 0.5) is 13.2 Å². The molecule has 4 heterocycles. The molecule has 0 unspecified atom stereocenters. The molecule has 0 amide bonds. The molecule has 0 bridgehead atoms. The molecule has 5 rings (SSSR count). The summed E-state index contributed by atoms with van der Waals surface area (Å²) >= 11 is 0. The predicted octanol–water partition coefficient (Wildman–Crippen LogP) is 5.41. The lowest BCUT2D eigenvalue weighted by Gasteiger charge is -2.35. The summed E-state index contributed by atoms with van der Waals surface area (Å²) in [6, 6.07) is 4.95. The molecule has 0 radical (unpaired) electrons. The van der Waals surface area contributed by atoms with Gasteiger partial charge < -0.3 is 23.3 Å². The first kappa shape index (κ1) is 26.7. The molecule has 1 aliphatic carbocycles. The van der Waals surface area contributed by atoms with Crippen LogP contribution in [-0.4, -0.2) is 50.4 Å². The van der Waals surface area contributed by atoms with Crippen LogP contribution in [0.25, 0.3) is 22.3 Å². The molecule has 11 heteroatoms. The smallest absolute Gasteiger partial charge is 0.391 e. The minimum atomic E-state index is -4.17. The lowest BCUT2D eigenvalue weighted by atomic mass is 9.87. The van der Waals surface area contributed by atoms with Crippen molar-refractivity contribution in [2.45, 2.75) is 84.0 Å². The Bertz CT molecular complexity index is 1360. The van der Waals surface area contributed by atoms with Crippen LogP contribution in [0.2, 0.25) is 0 Å². The first-order valence-electron chi connectivity index (χ1n) is 13.1. The Morgan fingerprint density at radius 1 is 1.11 bits per heavy atom. The van der Waals surface area contributed by atoms with E-state index in [1.807, 2.05) is 27.0 Å². The Hall–Kier alpha value is -2.92. The molecule has 38 heavy (non-hydrogen) atoms. The van der Waals surface area contributed by atoms with Crippen molar-refractivity contribution in [1.82, 2.24) is 19.1 Å². The molecule has 0 aromatic carbocycles. The summed E-state index contributed by atoms with van der Waals surface area (Å²) in [5, 5.41) is 0. The van der Waals surface area contributed by atoms with Crippen molar-refractivity contribution in [3.05, 3.63) is 40.6 Å². The maximum Gasteiger partial charge on any atom is 0.391 e. The predicted molar refractivity (Wildman–Crippen MR) is 135 cm³/mol. The van der Waals surface area contributed by atoms with Crippen LogP contribution in [0, 0.1) is 12.8 Å². The van der Waals surface area contributed by atoms with E-state index in [1.165, 1.54) is 0 Å². The van der Waals surface area contributed by atoms with Gasteiger partial charge in [0.15, 0.2) is 5.79 Å². The number of nitrogens with zero attached hydrogens (tertiary/aromatic N) is 4. The van der Waals surface area contributed by atoms with Crippen LogP contribution in [0.1, 0.15) is 58.3 Å². The Balaban J connectivity index is 1.50. The first-order chi connectivity index (χ1) is 17.9. The minimum Gasteiger partial charge on any atom is -0.474 e. The van der Waals surface area contributed by atoms with Crippen LogP contribution in [0.15, 0.2) is 29.2 Å². The third-order valence-electron chi connectivity index (χ3n) is 7.44. The van der Waals surface area contributed by atoms with Crippen molar-refractivity contribution in [2.75, 3.05) is 13.2 Å². The Morgan fingerprint density at radius 2 is 1.79 bits per heavy atom. The molecule has 8 nitrogen and oxygen atoms in total. The molecular weight excluding hydrogens is 501 g/mol. The van der Waals surface area contributed by atoms with Gasteiger partial charge in [0, 0.05) is 30.4 Å². The number of rotatable bonds is 5. The zero-order valence-corrected chi connectivity index (χ0v) is 22.0. The zero-order valence-electron chi connectivity index (χ0n) is 22.0. The number of aryl methyl sites for hydroxylation is 2. The molecule has 2 fully saturated rings. The molecule has 2 aliphatic rings. The second kappa shape index (κ2) is 10.00. The van der Waals surface area contributed by atoms with Crippen LogP contribution in [-0.2, 0) is 16.0 Å². The Kier molecular flexibility index (Phi) is 7.02. The minimum absolute atomic E-state index is 0.0453. The van der Waals surface area contributed by atoms with E-state index in [1.54, 1.807) is 29.7 Å². The van der Waals surface area contributed by atoms with Gasteiger partial charge in [-0.3, -0.25) is 4.79 Å². The van der Waals surface area contributed by atoms with E-state index in [2.05, 4.69) is 14.5 Å². The van der Waals surface area contributed by atoms with Gasteiger partial charge in [-0.05, 0) is 59.4 Å². The number of aromatic nitrogens is 4. The van der Waals surface area contributed by atoms with Gasteiger partial charge in [0.1, 0.15) is 11.9 Å². The topological polar surface area (TPSA) is 80.4 Å². The third kappa shape index (κ3) is 5.31. The van der Waals surface area contributed by atoms with E-state index in [0.717, 1.165) is 16.6 Å². The highest BCUT2D eigenvalue weighted by Gasteiger charge is 2.42. The Labute approximate surface area is 218 Å². The third-order valence-corrected chi connectivity index (χ3v) is 7.44. The molecule has 1 saturated carbocycles. The number of fused-ring (bicyclic) bond motifs is 1. The number of hydrogen-bond acceptors (Lipinski definition) is 6. The van der Waals surface area contributed by atoms with Gasteiger partial charge in [-0.2, -0.15) is 18.2 Å². The van der Waals surface area contributed by atoms with Crippen molar-refractivity contribution >= 4 is 11.0 Å². The average molecular weight is 535 g/mol. The largest absolute Gasteiger partial charge is 0.474 e. The number of halogens is 3. The lowest BCUT2D eigenvalue weighted by molar-refractivity contribution is -0.258. The maximum absolute atomic E-state index is 13.1. The van der Waals surface area contributed by atoms with Crippen molar-refractivity contribution in [3.8, 4) is 17.1 Å². The van der Waals surface area contributed by atoms with E-state index in [0.29, 0.717) is 50.0 Å². The SMILES string of the molecule is CCn1c(=O)ccc2c1c(-c1cc(OC3CCC(C(F)(F)F)CC3)nc(C)n1)cn2C1COC(C)(C)OC1. The van der Waals surface area contributed by atoms with Gasteiger partial charge in [-0.1, -0.05) is 0 Å². The second-order valence-electron chi connectivity index (χ2n) is 10.5. The second-order valence-corrected chi connectivity index (χ2v) is 10.5. The normalized spacial score (nSPS) is 22.6. The molecule has 3 aromatic rings. The van der Waals surface area contributed by atoms with Crippen LogP contribution in [0.5, 0.6) is 5.88 Å². The molecule has 0 N–H and O–H groups in total. The molecule has 3 aromatic heterocycles. The van der Waals surface area contributed by atoms with E-state index >= 15 is 0 Å². The highest BCUT2D eigenvalue weighted by atomic mass is 19.4. The summed E-state index contributed by atoms with van der Waals surface area (Å²) in [7, 11) is 0. The van der Waals surface area contributed by atoms with Gasteiger partial charge in [0.2, 0.25) is 5.88 Å². The molecule has 0 spiro atoms. The number of pyridine rings is 1. The van der Waals surface area contributed by atoms with Gasteiger partial charge in [0.25, 0.3) is 5.56 Å². The molecule has 0 atom stereocenters. The van der Waals surface area contributed by atoms with Gasteiger partial charge in [-0.15, -0.1) is 0 Å². The fourth-order valence-electron chi connectivity index (χ4n) is 5.39.